The molecule has 1 atom stereocenters. The average molecular weight is 545 g/mol. The van der Waals surface area contributed by atoms with Gasteiger partial charge in [-0.05, 0) is 24.3 Å². The van der Waals surface area contributed by atoms with Gasteiger partial charge in [0, 0.05) is 60.9 Å². The molecule has 1 unspecified atom stereocenters. The number of nitrogens with zero attached hydrogens (tertiary/aromatic N) is 4. The van der Waals surface area contributed by atoms with Crippen molar-refractivity contribution in [3.8, 4) is 28.6 Å². The fourth-order valence-electron chi connectivity index (χ4n) is 5.16. The first-order valence-electron chi connectivity index (χ1n) is 12.3. The van der Waals surface area contributed by atoms with Crippen molar-refractivity contribution in [1.29, 1.82) is 0 Å². The Balaban J connectivity index is 1.46. The number of rotatable bonds is 9. The molecule has 0 spiro atoms. The summed E-state index contributed by atoms with van der Waals surface area (Å²) >= 11 is 1.64. The summed E-state index contributed by atoms with van der Waals surface area (Å²) in [4.78, 5) is 20.8. The third-order valence-electron chi connectivity index (χ3n) is 7.11. The number of thioether (sulfide) groups is 1. The van der Waals surface area contributed by atoms with Gasteiger partial charge >= 0.3 is 0 Å². The second-order valence-electron chi connectivity index (χ2n) is 9.62. The first-order valence-corrected chi connectivity index (χ1v) is 13.5. The Morgan fingerprint density at radius 2 is 1.71 bits per heavy atom. The molecule has 2 aromatic carbocycles. The summed E-state index contributed by atoms with van der Waals surface area (Å²) in [6, 6.07) is 11.4. The van der Waals surface area contributed by atoms with Crippen molar-refractivity contribution in [3.63, 3.8) is 0 Å². The summed E-state index contributed by atoms with van der Waals surface area (Å²) in [5.74, 6) is -0.643. The van der Waals surface area contributed by atoms with Gasteiger partial charge in [0.25, 0.3) is 0 Å². The zero-order chi connectivity index (χ0) is 27.0. The van der Waals surface area contributed by atoms with Crippen molar-refractivity contribution in [2.45, 2.75) is 42.5 Å². The number of amides is 1. The normalized spacial score (nSPS) is 18.9. The molecule has 1 saturated carbocycles. The Hall–Kier alpha value is -3.34. The molecular weight excluding hydrogens is 514 g/mol. The molecule has 0 radical (unpaired) electrons. The topological polar surface area (TPSA) is 78.7 Å². The quantitative estimate of drug-likeness (QED) is 0.340. The Morgan fingerprint density at radius 1 is 1.05 bits per heavy atom. The molecule has 1 aliphatic heterocycles. The van der Waals surface area contributed by atoms with Gasteiger partial charge < -0.3 is 19.1 Å². The molecule has 5 rings (SSSR count). The average Bonchev–Trinajstić information content (AvgIpc) is 3.50. The van der Waals surface area contributed by atoms with Gasteiger partial charge in [0.15, 0.2) is 17.3 Å². The molecule has 1 aliphatic carbocycles. The molecule has 0 N–H and O–H groups in total. The lowest BCUT2D eigenvalue weighted by atomic mass is 9.81. The number of aromatic nitrogens is 3. The molecule has 2 heterocycles. The van der Waals surface area contributed by atoms with E-state index in [2.05, 4.69) is 0 Å². The number of anilines is 1. The smallest absolute Gasteiger partial charge is 0.248 e. The second kappa shape index (κ2) is 10.4. The number of ether oxygens (including phenoxy) is 3. The summed E-state index contributed by atoms with van der Waals surface area (Å²) < 4.78 is 45.2. The van der Waals surface area contributed by atoms with E-state index in [1.807, 2.05) is 30.5 Å². The van der Waals surface area contributed by atoms with Crippen LogP contribution >= 0.6 is 11.8 Å². The highest BCUT2D eigenvalue weighted by Crippen LogP contribution is 2.45. The standard InChI is InChI=1S/C27H30F2N4O4S/c1-35-21-10-19(11-22(36-2)24(21)37-3)32-15-18(9-23(32)34)26-30-25(17-5-7-20(38-4)8-6-17)31-33(26)14-16-12-27(28,29)13-16/h5-8,10-11,16,18H,9,12-15H2,1-4H3. The number of benzene rings is 2. The van der Waals surface area contributed by atoms with Crippen molar-refractivity contribution in [3.05, 3.63) is 42.2 Å². The summed E-state index contributed by atoms with van der Waals surface area (Å²) in [6.07, 6.45) is 1.91. The second-order valence-corrected chi connectivity index (χ2v) is 10.5. The van der Waals surface area contributed by atoms with Crippen LogP contribution in [-0.2, 0) is 11.3 Å². The minimum absolute atomic E-state index is 0.0835. The maximum absolute atomic E-state index is 13.6. The van der Waals surface area contributed by atoms with E-state index in [0.717, 1.165) is 10.5 Å². The summed E-state index contributed by atoms with van der Waals surface area (Å²) in [5.41, 5.74) is 1.46. The zero-order valence-electron chi connectivity index (χ0n) is 21.7. The largest absolute Gasteiger partial charge is 0.493 e. The van der Waals surface area contributed by atoms with Crippen molar-refractivity contribution in [2.75, 3.05) is 39.0 Å². The summed E-state index contributed by atoms with van der Waals surface area (Å²) in [6.45, 7) is 0.706. The van der Waals surface area contributed by atoms with Crippen molar-refractivity contribution < 1.29 is 27.8 Å². The lowest BCUT2D eigenvalue weighted by molar-refractivity contribution is -0.117. The number of halogens is 2. The van der Waals surface area contributed by atoms with Gasteiger partial charge in [0.2, 0.25) is 17.6 Å². The predicted molar refractivity (Wildman–Crippen MR) is 141 cm³/mol. The van der Waals surface area contributed by atoms with Crippen LogP contribution in [0.2, 0.25) is 0 Å². The maximum atomic E-state index is 13.6. The summed E-state index contributed by atoms with van der Waals surface area (Å²) in [7, 11) is 4.57. The lowest BCUT2D eigenvalue weighted by Crippen LogP contribution is -2.38. The van der Waals surface area contributed by atoms with Gasteiger partial charge in [-0.3, -0.25) is 4.79 Å². The van der Waals surface area contributed by atoms with Crippen LogP contribution in [0.5, 0.6) is 17.2 Å². The Kier molecular flexibility index (Phi) is 7.21. The van der Waals surface area contributed by atoms with Gasteiger partial charge in [-0.1, -0.05) is 12.1 Å². The minimum Gasteiger partial charge on any atom is -0.493 e. The molecule has 3 aromatic rings. The predicted octanol–water partition coefficient (Wildman–Crippen LogP) is 5.26. The van der Waals surface area contributed by atoms with Crippen LogP contribution in [0.3, 0.4) is 0 Å². The van der Waals surface area contributed by atoms with E-state index in [9.17, 15) is 13.6 Å². The molecule has 202 valence electrons. The highest BCUT2D eigenvalue weighted by Gasteiger charge is 2.46. The molecule has 8 nitrogen and oxygen atoms in total. The van der Waals surface area contributed by atoms with Gasteiger partial charge in [-0.15, -0.1) is 11.8 Å². The molecule has 1 aromatic heterocycles. The number of carbonyl (C=O) groups excluding carboxylic acids is 1. The maximum Gasteiger partial charge on any atom is 0.248 e. The fourth-order valence-corrected chi connectivity index (χ4v) is 5.57. The number of alkyl halides is 2. The monoisotopic (exact) mass is 544 g/mol. The van der Waals surface area contributed by atoms with Crippen LogP contribution in [0.1, 0.15) is 31.0 Å². The first kappa shape index (κ1) is 26.3. The number of methoxy groups -OCH3 is 3. The van der Waals surface area contributed by atoms with Crippen LogP contribution in [0.25, 0.3) is 11.4 Å². The Labute approximate surface area is 224 Å². The SMILES string of the molecule is COc1cc(N2CC(c3nc(-c4ccc(SC)cc4)nn3CC3CC(F)(F)C3)CC2=O)cc(OC)c1OC. The molecular formula is C27H30F2N4O4S. The molecule has 2 aliphatic rings. The van der Waals surface area contributed by atoms with Crippen molar-refractivity contribution in [1.82, 2.24) is 14.8 Å². The van der Waals surface area contributed by atoms with Gasteiger partial charge in [0.1, 0.15) is 5.82 Å². The molecule has 2 fully saturated rings. The van der Waals surface area contributed by atoms with E-state index in [-0.39, 0.29) is 37.0 Å². The van der Waals surface area contributed by atoms with Gasteiger partial charge in [0.05, 0.1) is 27.0 Å². The van der Waals surface area contributed by atoms with Crippen LogP contribution in [0, 0.1) is 5.92 Å². The van der Waals surface area contributed by atoms with Crippen LogP contribution < -0.4 is 19.1 Å². The van der Waals surface area contributed by atoms with Gasteiger partial charge in [-0.2, -0.15) is 5.10 Å². The van der Waals surface area contributed by atoms with Crippen molar-refractivity contribution in [2.24, 2.45) is 5.92 Å². The van der Waals surface area contributed by atoms with E-state index < -0.39 is 5.92 Å². The first-order chi connectivity index (χ1) is 18.2. The zero-order valence-corrected chi connectivity index (χ0v) is 22.6. The highest BCUT2D eigenvalue weighted by atomic mass is 32.2. The van der Waals surface area contributed by atoms with Crippen molar-refractivity contribution >= 4 is 23.4 Å². The van der Waals surface area contributed by atoms with E-state index in [4.69, 9.17) is 24.3 Å². The fraction of sp³-hybridized carbons (Fsp3) is 0.444. The highest BCUT2D eigenvalue weighted by molar-refractivity contribution is 7.98. The Bertz CT molecular complexity index is 1300. The number of hydrogen-bond acceptors (Lipinski definition) is 7. The molecule has 11 heteroatoms. The van der Waals surface area contributed by atoms with Gasteiger partial charge in [-0.25, -0.2) is 18.4 Å². The molecule has 0 bridgehead atoms. The van der Waals surface area contributed by atoms with Crippen LogP contribution in [0.15, 0.2) is 41.3 Å². The third-order valence-corrected chi connectivity index (χ3v) is 7.85. The van der Waals surface area contributed by atoms with E-state index in [1.165, 1.54) is 21.3 Å². The third kappa shape index (κ3) is 5.03. The lowest BCUT2D eigenvalue weighted by Gasteiger charge is -2.35. The molecule has 1 saturated heterocycles. The molecule has 1 amide bonds. The Morgan fingerprint density at radius 3 is 2.26 bits per heavy atom. The van der Waals surface area contributed by atoms with E-state index in [0.29, 0.717) is 47.7 Å². The molecule has 38 heavy (non-hydrogen) atoms. The summed E-state index contributed by atoms with van der Waals surface area (Å²) in [5, 5.41) is 4.72. The minimum atomic E-state index is -2.62. The van der Waals surface area contributed by atoms with Crippen LogP contribution in [-0.4, -0.2) is 60.7 Å². The number of carbonyl (C=O) groups is 1. The van der Waals surface area contributed by atoms with E-state index in [1.54, 1.807) is 33.5 Å². The van der Waals surface area contributed by atoms with Crippen LogP contribution in [0.4, 0.5) is 14.5 Å². The van der Waals surface area contributed by atoms with E-state index >= 15 is 0 Å². The number of hydrogen-bond donors (Lipinski definition) is 0.